The predicted molar refractivity (Wildman–Crippen MR) is 124 cm³/mol. The number of esters is 1. The molecule has 32 heavy (non-hydrogen) atoms. The first kappa shape index (κ1) is 24.0. The van der Waals surface area contributed by atoms with Crippen molar-refractivity contribution in [1.82, 2.24) is 0 Å². The van der Waals surface area contributed by atoms with Gasteiger partial charge in [0.25, 0.3) is 5.91 Å². The molecule has 0 spiro atoms. The standard InChI is InChI=1S/C26H33NO5/c1-7-31-32-17-27(23(28)18-8-10-19(11-9-18)24(29)30-6)20-12-13-21-22(16-20)26(4,5)15-14-25(21,2)3/h8-13,16H,7,14-15,17H2,1-6H3. The van der Waals surface area contributed by atoms with Crippen molar-refractivity contribution < 1.29 is 24.1 Å². The van der Waals surface area contributed by atoms with Gasteiger partial charge in [-0.2, -0.15) is 0 Å². The van der Waals surface area contributed by atoms with Crippen LogP contribution in [0.25, 0.3) is 0 Å². The third kappa shape index (κ3) is 4.87. The van der Waals surface area contributed by atoms with Gasteiger partial charge in [0.1, 0.15) is 0 Å². The minimum Gasteiger partial charge on any atom is -0.465 e. The number of carbonyl (C=O) groups is 2. The first-order valence-electron chi connectivity index (χ1n) is 11.0. The summed E-state index contributed by atoms with van der Waals surface area (Å²) < 4.78 is 4.74. The summed E-state index contributed by atoms with van der Waals surface area (Å²) in [6.07, 6.45) is 2.20. The lowest BCUT2D eigenvalue weighted by Gasteiger charge is -2.42. The lowest BCUT2D eigenvalue weighted by molar-refractivity contribution is -0.289. The zero-order chi connectivity index (χ0) is 23.5. The van der Waals surface area contributed by atoms with Crippen LogP contribution in [0.4, 0.5) is 5.69 Å². The molecule has 0 radical (unpaired) electrons. The van der Waals surface area contributed by atoms with Crippen LogP contribution in [0.1, 0.15) is 79.3 Å². The average molecular weight is 440 g/mol. The number of fused-ring (bicyclic) bond motifs is 1. The first-order chi connectivity index (χ1) is 15.1. The summed E-state index contributed by atoms with van der Waals surface area (Å²) in [5.41, 5.74) is 4.24. The molecule has 0 N–H and O–H groups in total. The molecule has 1 aliphatic rings. The predicted octanol–water partition coefficient (Wildman–Crippen LogP) is 5.39. The maximum absolute atomic E-state index is 13.4. The van der Waals surface area contributed by atoms with Crippen LogP contribution in [-0.2, 0) is 25.3 Å². The molecule has 0 saturated carbocycles. The molecule has 2 aromatic rings. The number of anilines is 1. The van der Waals surface area contributed by atoms with E-state index in [4.69, 9.17) is 14.5 Å². The third-order valence-corrected chi connectivity index (χ3v) is 6.33. The fourth-order valence-corrected chi connectivity index (χ4v) is 4.19. The third-order valence-electron chi connectivity index (χ3n) is 6.33. The first-order valence-corrected chi connectivity index (χ1v) is 11.0. The van der Waals surface area contributed by atoms with Crippen LogP contribution in [0.2, 0.25) is 0 Å². The van der Waals surface area contributed by atoms with Gasteiger partial charge in [0.05, 0.1) is 19.3 Å². The fourth-order valence-electron chi connectivity index (χ4n) is 4.19. The molecule has 0 aromatic heterocycles. The highest BCUT2D eigenvalue weighted by Gasteiger charge is 2.37. The van der Waals surface area contributed by atoms with Crippen LogP contribution in [-0.4, -0.2) is 32.3 Å². The minimum absolute atomic E-state index is 0.0124. The Morgan fingerprint density at radius 3 is 2.06 bits per heavy atom. The van der Waals surface area contributed by atoms with Crippen molar-refractivity contribution in [2.45, 2.75) is 58.3 Å². The van der Waals surface area contributed by atoms with E-state index in [0.717, 1.165) is 18.5 Å². The number of rotatable bonds is 7. The number of hydrogen-bond acceptors (Lipinski definition) is 5. The van der Waals surface area contributed by atoms with Gasteiger partial charge >= 0.3 is 5.97 Å². The van der Waals surface area contributed by atoms with Crippen molar-refractivity contribution in [3.05, 3.63) is 64.7 Å². The van der Waals surface area contributed by atoms with E-state index < -0.39 is 5.97 Å². The van der Waals surface area contributed by atoms with Gasteiger partial charge in [-0.3, -0.25) is 9.69 Å². The van der Waals surface area contributed by atoms with Crippen molar-refractivity contribution in [1.29, 1.82) is 0 Å². The van der Waals surface area contributed by atoms with E-state index in [1.807, 2.05) is 13.0 Å². The second kappa shape index (κ2) is 9.43. The minimum atomic E-state index is -0.444. The van der Waals surface area contributed by atoms with Gasteiger partial charge in [-0.15, -0.1) is 0 Å². The molecular weight excluding hydrogens is 406 g/mol. The molecule has 0 bridgehead atoms. The van der Waals surface area contributed by atoms with Crippen LogP contribution in [0, 0.1) is 0 Å². The highest BCUT2D eigenvalue weighted by atomic mass is 17.2. The molecule has 172 valence electrons. The Morgan fingerprint density at radius 2 is 1.47 bits per heavy atom. The molecule has 6 heteroatoms. The quantitative estimate of drug-likeness (QED) is 0.190. The normalized spacial score (nSPS) is 16.2. The Morgan fingerprint density at radius 1 is 0.875 bits per heavy atom. The summed E-state index contributed by atoms with van der Waals surface area (Å²) in [4.78, 5) is 37.1. The zero-order valence-electron chi connectivity index (χ0n) is 19.9. The highest BCUT2D eigenvalue weighted by Crippen LogP contribution is 2.46. The summed E-state index contributed by atoms with van der Waals surface area (Å²) in [5, 5.41) is 0. The van der Waals surface area contributed by atoms with Crippen molar-refractivity contribution in [3.63, 3.8) is 0 Å². The zero-order valence-corrected chi connectivity index (χ0v) is 19.9. The number of nitrogens with zero attached hydrogens (tertiary/aromatic N) is 1. The lowest BCUT2D eigenvalue weighted by atomic mass is 9.63. The Bertz CT molecular complexity index is 978. The van der Waals surface area contributed by atoms with E-state index in [2.05, 4.69) is 39.8 Å². The average Bonchev–Trinajstić information content (AvgIpc) is 2.79. The molecule has 3 rings (SSSR count). The van der Waals surface area contributed by atoms with E-state index in [1.54, 1.807) is 29.2 Å². The van der Waals surface area contributed by atoms with Crippen LogP contribution in [0.15, 0.2) is 42.5 Å². The van der Waals surface area contributed by atoms with Crippen LogP contribution in [0.5, 0.6) is 0 Å². The lowest BCUT2D eigenvalue weighted by Crippen LogP contribution is -2.36. The molecular formula is C26H33NO5. The summed E-state index contributed by atoms with van der Waals surface area (Å²) in [6.45, 7) is 11.2. The molecule has 0 atom stereocenters. The van der Waals surface area contributed by atoms with Crippen molar-refractivity contribution in [2.75, 3.05) is 25.3 Å². The Hall–Kier alpha value is -2.70. The van der Waals surface area contributed by atoms with E-state index in [1.165, 1.54) is 18.2 Å². The second-order valence-corrected chi connectivity index (χ2v) is 9.45. The van der Waals surface area contributed by atoms with Crippen LogP contribution < -0.4 is 4.90 Å². The molecule has 0 fully saturated rings. The molecule has 2 aromatic carbocycles. The van der Waals surface area contributed by atoms with E-state index in [9.17, 15) is 9.59 Å². The molecule has 1 amide bonds. The molecule has 0 saturated heterocycles. The van der Waals surface area contributed by atoms with Gasteiger partial charge < -0.3 is 4.74 Å². The molecule has 6 nitrogen and oxygen atoms in total. The van der Waals surface area contributed by atoms with Gasteiger partial charge in [0.15, 0.2) is 6.73 Å². The smallest absolute Gasteiger partial charge is 0.337 e. The molecule has 0 heterocycles. The second-order valence-electron chi connectivity index (χ2n) is 9.45. The van der Waals surface area contributed by atoms with Gasteiger partial charge in [0.2, 0.25) is 0 Å². The summed E-state index contributed by atoms with van der Waals surface area (Å²) >= 11 is 0. The number of carbonyl (C=O) groups excluding carboxylic acids is 2. The Balaban J connectivity index is 1.99. The van der Waals surface area contributed by atoms with Gasteiger partial charge in [-0.25, -0.2) is 14.6 Å². The monoisotopic (exact) mass is 439 g/mol. The molecule has 0 unspecified atom stereocenters. The highest BCUT2D eigenvalue weighted by molar-refractivity contribution is 6.06. The van der Waals surface area contributed by atoms with E-state index in [-0.39, 0.29) is 23.5 Å². The van der Waals surface area contributed by atoms with Gasteiger partial charge in [-0.05, 0) is 78.1 Å². The SMILES string of the molecule is CCOOCN(C(=O)c1ccc(C(=O)OC)cc1)c1ccc2c(c1)C(C)(C)CCC2(C)C. The van der Waals surface area contributed by atoms with Crippen molar-refractivity contribution in [2.24, 2.45) is 0 Å². The number of ether oxygens (including phenoxy) is 1. The number of hydrogen-bond donors (Lipinski definition) is 0. The summed E-state index contributed by atoms with van der Waals surface area (Å²) in [7, 11) is 1.33. The molecule has 0 aliphatic heterocycles. The summed E-state index contributed by atoms with van der Waals surface area (Å²) in [5.74, 6) is -0.686. The topological polar surface area (TPSA) is 65.1 Å². The van der Waals surface area contributed by atoms with Gasteiger partial charge in [0, 0.05) is 11.3 Å². The van der Waals surface area contributed by atoms with Gasteiger partial charge in [-0.1, -0.05) is 33.8 Å². The van der Waals surface area contributed by atoms with Crippen molar-refractivity contribution in [3.8, 4) is 0 Å². The van der Waals surface area contributed by atoms with Crippen LogP contribution in [0.3, 0.4) is 0 Å². The number of amides is 1. The molecule has 1 aliphatic carbocycles. The summed E-state index contributed by atoms with van der Waals surface area (Å²) in [6, 6.07) is 12.6. The number of benzene rings is 2. The van der Waals surface area contributed by atoms with Crippen LogP contribution >= 0.6 is 0 Å². The Labute approximate surface area is 190 Å². The number of methoxy groups -OCH3 is 1. The fraction of sp³-hybridized carbons (Fsp3) is 0.462. The van der Waals surface area contributed by atoms with E-state index in [0.29, 0.717) is 17.7 Å². The maximum Gasteiger partial charge on any atom is 0.337 e. The van der Waals surface area contributed by atoms with E-state index >= 15 is 0 Å². The van der Waals surface area contributed by atoms with Crippen molar-refractivity contribution >= 4 is 17.6 Å². The maximum atomic E-state index is 13.4. The Kier molecular flexibility index (Phi) is 7.06. The largest absolute Gasteiger partial charge is 0.465 e.